The molecule has 1 amide bonds. The Labute approximate surface area is 101 Å². The predicted molar refractivity (Wildman–Crippen MR) is 66.9 cm³/mol. The average Bonchev–Trinajstić information content (AvgIpc) is 2.26. The molecule has 4 nitrogen and oxygen atoms in total. The van der Waals surface area contributed by atoms with Crippen molar-refractivity contribution in [2.24, 2.45) is 10.2 Å². The summed E-state index contributed by atoms with van der Waals surface area (Å²) in [7, 11) is 0. The van der Waals surface area contributed by atoms with Gasteiger partial charge in [-0.1, -0.05) is 27.7 Å². The van der Waals surface area contributed by atoms with E-state index in [9.17, 15) is 9.90 Å². The number of benzene rings is 1. The maximum Gasteiger partial charge on any atom is 0.252 e. The summed E-state index contributed by atoms with van der Waals surface area (Å²) in [6.45, 7) is 8.00. The lowest BCUT2D eigenvalue weighted by Gasteiger charge is -2.15. The van der Waals surface area contributed by atoms with Crippen LogP contribution in [0.1, 0.15) is 50.7 Å². The number of hydrogen-bond acceptors (Lipinski definition) is 3. The lowest BCUT2D eigenvalue weighted by Crippen LogP contribution is -1.95. The van der Waals surface area contributed by atoms with Crippen molar-refractivity contribution in [2.75, 3.05) is 0 Å². The molecule has 0 saturated heterocycles. The van der Waals surface area contributed by atoms with Gasteiger partial charge in [-0.15, -0.1) is 10.2 Å². The molecule has 0 fully saturated rings. The Balaban J connectivity index is 3.36. The van der Waals surface area contributed by atoms with Gasteiger partial charge in [0.25, 0.3) is 6.41 Å². The van der Waals surface area contributed by atoms with Crippen LogP contribution in [0.4, 0.5) is 5.69 Å². The normalized spacial score (nSPS) is 11.6. The summed E-state index contributed by atoms with van der Waals surface area (Å²) in [6, 6.07) is 3.53. The summed E-state index contributed by atoms with van der Waals surface area (Å²) in [6.07, 6.45) is 0.400. The SMILES string of the molecule is CC(C)c1cc(N=NC=O)cc(C(C)C)c1O. The van der Waals surface area contributed by atoms with E-state index >= 15 is 0 Å². The van der Waals surface area contributed by atoms with Crippen molar-refractivity contribution in [1.29, 1.82) is 0 Å². The van der Waals surface area contributed by atoms with Gasteiger partial charge in [-0.2, -0.15) is 0 Å². The third-order valence-corrected chi connectivity index (χ3v) is 2.62. The van der Waals surface area contributed by atoms with Crippen LogP contribution in [0.3, 0.4) is 0 Å². The second-order valence-electron chi connectivity index (χ2n) is 4.60. The van der Waals surface area contributed by atoms with Gasteiger partial charge in [-0.25, -0.2) is 0 Å². The molecule has 0 atom stereocenters. The Morgan fingerprint density at radius 3 is 1.94 bits per heavy atom. The first kappa shape index (κ1) is 13.4. The zero-order valence-electron chi connectivity index (χ0n) is 10.6. The summed E-state index contributed by atoms with van der Waals surface area (Å²) in [4.78, 5) is 10.2. The Kier molecular flexibility index (Phi) is 4.37. The van der Waals surface area contributed by atoms with E-state index in [2.05, 4.69) is 10.2 Å². The topological polar surface area (TPSA) is 62.0 Å². The highest BCUT2D eigenvalue weighted by molar-refractivity contribution is 5.55. The van der Waals surface area contributed by atoms with Crippen molar-refractivity contribution in [3.05, 3.63) is 23.3 Å². The van der Waals surface area contributed by atoms with Gasteiger partial charge in [0, 0.05) is 0 Å². The van der Waals surface area contributed by atoms with Gasteiger partial charge >= 0.3 is 0 Å². The van der Waals surface area contributed by atoms with Crippen LogP contribution in [0, 0.1) is 0 Å². The maximum atomic E-state index is 10.2. The van der Waals surface area contributed by atoms with Gasteiger partial charge in [-0.3, -0.25) is 4.79 Å². The Morgan fingerprint density at radius 2 is 1.59 bits per heavy atom. The van der Waals surface area contributed by atoms with Crippen molar-refractivity contribution in [3.63, 3.8) is 0 Å². The minimum Gasteiger partial charge on any atom is -0.507 e. The van der Waals surface area contributed by atoms with E-state index in [4.69, 9.17) is 0 Å². The molecule has 0 aliphatic rings. The molecule has 0 unspecified atom stereocenters. The van der Waals surface area contributed by atoms with Crippen molar-refractivity contribution in [1.82, 2.24) is 0 Å². The number of aromatic hydroxyl groups is 1. The first-order valence-corrected chi connectivity index (χ1v) is 5.68. The highest BCUT2D eigenvalue weighted by atomic mass is 16.3. The van der Waals surface area contributed by atoms with Crippen LogP contribution in [0.25, 0.3) is 0 Å². The Hall–Kier alpha value is -1.71. The third kappa shape index (κ3) is 3.12. The zero-order valence-corrected chi connectivity index (χ0v) is 10.6. The fourth-order valence-corrected chi connectivity index (χ4v) is 1.69. The fraction of sp³-hybridized carbons (Fsp3) is 0.462. The molecule has 0 saturated carbocycles. The van der Waals surface area contributed by atoms with Crippen LogP contribution in [0.15, 0.2) is 22.4 Å². The number of hydrogen-bond donors (Lipinski definition) is 1. The first-order valence-electron chi connectivity index (χ1n) is 5.68. The molecule has 0 heterocycles. The van der Waals surface area contributed by atoms with Crippen LogP contribution in [0.2, 0.25) is 0 Å². The van der Waals surface area contributed by atoms with Crippen LogP contribution in [0.5, 0.6) is 5.75 Å². The van der Waals surface area contributed by atoms with Crippen LogP contribution >= 0.6 is 0 Å². The van der Waals surface area contributed by atoms with E-state index in [-0.39, 0.29) is 11.8 Å². The predicted octanol–water partition coefficient (Wildman–Crippen LogP) is 3.88. The van der Waals surface area contributed by atoms with Crippen molar-refractivity contribution in [2.45, 2.75) is 39.5 Å². The zero-order chi connectivity index (χ0) is 13.0. The van der Waals surface area contributed by atoms with Crippen LogP contribution in [-0.2, 0) is 4.79 Å². The molecule has 0 aliphatic carbocycles. The minimum absolute atomic E-state index is 0.193. The number of amides is 1. The minimum atomic E-state index is 0.193. The molecule has 4 heteroatoms. The number of carbonyl (C=O) groups is 1. The maximum absolute atomic E-state index is 10.2. The van der Waals surface area contributed by atoms with E-state index in [1.807, 2.05) is 27.7 Å². The number of phenolic OH excluding ortho intramolecular Hbond substituents is 1. The average molecular weight is 234 g/mol. The van der Waals surface area contributed by atoms with E-state index < -0.39 is 0 Å². The van der Waals surface area contributed by atoms with Gasteiger partial charge in [0.05, 0.1) is 5.69 Å². The Morgan fingerprint density at radius 1 is 1.12 bits per heavy atom. The Bertz CT molecular complexity index is 408. The molecular weight excluding hydrogens is 216 g/mol. The first-order chi connectivity index (χ1) is 7.97. The molecule has 0 bridgehead atoms. The van der Waals surface area contributed by atoms with Gasteiger partial charge in [0.2, 0.25) is 0 Å². The van der Waals surface area contributed by atoms with Crippen LogP contribution in [-0.4, -0.2) is 11.5 Å². The third-order valence-electron chi connectivity index (χ3n) is 2.62. The molecule has 0 spiro atoms. The number of nitrogens with zero attached hydrogens (tertiary/aromatic N) is 2. The van der Waals surface area contributed by atoms with Gasteiger partial charge < -0.3 is 5.11 Å². The highest BCUT2D eigenvalue weighted by Gasteiger charge is 2.14. The van der Waals surface area contributed by atoms with Crippen molar-refractivity contribution in [3.8, 4) is 5.75 Å². The quantitative estimate of drug-likeness (QED) is 0.634. The van der Waals surface area contributed by atoms with Gasteiger partial charge in [0.1, 0.15) is 5.75 Å². The molecule has 92 valence electrons. The van der Waals surface area contributed by atoms with E-state index in [0.717, 1.165) is 11.1 Å². The second kappa shape index (κ2) is 5.57. The number of azo groups is 1. The summed E-state index contributed by atoms with van der Waals surface area (Å²) >= 11 is 0. The van der Waals surface area contributed by atoms with Crippen LogP contribution < -0.4 is 0 Å². The molecule has 1 rings (SSSR count). The molecule has 0 radical (unpaired) electrons. The molecule has 1 N–H and O–H groups in total. The van der Waals surface area contributed by atoms with E-state index in [0.29, 0.717) is 17.8 Å². The lowest BCUT2D eigenvalue weighted by molar-refractivity contribution is -0.107. The van der Waals surface area contributed by atoms with E-state index in [1.165, 1.54) is 0 Å². The summed E-state index contributed by atoms with van der Waals surface area (Å²) < 4.78 is 0. The summed E-state index contributed by atoms with van der Waals surface area (Å²) in [5.41, 5.74) is 2.26. The van der Waals surface area contributed by atoms with Crippen molar-refractivity contribution < 1.29 is 9.90 Å². The number of carbonyl (C=O) groups excluding carboxylic acids is 1. The van der Waals surface area contributed by atoms with Crippen molar-refractivity contribution >= 4 is 12.1 Å². The second-order valence-corrected chi connectivity index (χ2v) is 4.60. The monoisotopic (exact) mass is 234 g/mol. The largest absolute Gasteiger partial charge is 0.507 e. The molecular formula is C13H18N2O2. The molecule has 1 aromatic rings. The number of rotatable bonds is 4. The highest BCUT2D eigenvalue weighted by Crippen LogP contribution is 2.37. The van der Waals surface area contributed by atoms with Gasteiger partial charge in [-0.05, 0) is 35.1 Å². The van der Waals surface area contributed by atoms with Gasteiger partial charge in [0.15, 0.2) is 0 Å². The smallest absolute Gasteiger partial charge is 0.252 e. The van der Waals surface area contributed by atoms with E-state index in [1.54, 1.807) is 12.1 Å². The standard InChI is InChI=1S/C13H18N2O2/c1-8(2)11-5-10(15-14-7-16)6-12(9(3)4)13(11)17/h5-9,17H,1-4H3. The summed E-state index contributed by atoms with van der Waals surface area (Å²) in [5.74, 6) is 0.706. The summed E-state index contributed by atoms with van der Waals surface area (Å²) in [5, 5.41) is 17.3. The fourth-order valence-electron chi connectivity index (χ4n) is 1.69. The molecule has 0 aromatic heterocycles. The molecule has 0 aliphatic heterocycles. The molecule has 17 heavy (non-hydrogen) atoms. The lowest BCUT2D eigenvalue weighted by atomic mass is 9.93. The number of phenols is 1. The molecule has 1 aromatic carbocycles.